The van der Waals surface area contributed by atoms with Crippen molar-refractivity contribution < 1.29 is 29.0 Å². The zero-order chi connectivity index (χ0) is 20.4. The molecule has 1 unspecified atom stereocenters. The molecule has 0 saturated carbocycles. The van der Waals surface area contributed by atoms with Crippen molar-refractivity contribution in [2.45, 2.75) is 58.6 Å². The normalized spacial score (nSPS) is 12.2. The lowest BCUT2D eigenvalue weighted by Crippen LogP contribution is -2.62. The maximum atomic E-state index is 12.6. The fourth-order valence-corrected chi connectivity index (χ4v) is 2.79. The standard InChI is InChI=1S/C20H29NO6/c1-5-8-17(23)16-11-9-15(10-12-16)13-20(21-14(4)22,18(24)26-6-2)19(25)27-7-3/h9-12,17,23H,5-8,13H2,1-4H3,(H,21,22). The minimum atomic E-state index is -1.96. The third kappa shape index (κ3) is 6.06. The molecule has 7 nitrogen and oxygen atoms in total. The quantitative estimate of drug-likeness (QED) is 0.477. The van der Waals surface area contributed by atoms with E-state index in [1.807, 2.05) is 6.92 Å². The van der Waals surface area contributed by atoms with Crippen molar-refractivity contribution in [1.82, 2.24) is 5.32 Å². The van der Waals surface area contributed by atoms with Gasteiger partial charge in [-0.3, -0.25) is 4.79 Å². The van der Waals surface area contributed by atoms with Gasteiger partial charge in [0.2, 0.25) is 11.4 Å². The highest BCUT2D eigenvalue weighted by atomic mass is 16.6. The van der Waals surface area contributed by atoms with Crippen LogP contribution in [-0.4, -0.2) is 41.7 Å². The number of aliphatic hydroxyl groups excluding tert-OH is 1. The van der Waals surface area contributed by atoms with E-state index in [1.165, 1.54) is 6.92 Å². The molecule has 0 radical (unpaired) electrons. The molecule has 0 aliphatic heterocycles. The zero-order valence-corrected chi connectivity index (χ0v) is 16.4. The van der Waals surface area contributed by atoms with Crippen molar-refractivity contribution in [2.75, 3.05) is 13.2 Å². The molecule has 0 spiro atoms. The summed E-state index contributed by atoms with van der Waals surface area (Å²) in [6, 6.07) is 6.90. The first-order chi connectivity index (χ1) is 12.8. The summed E-state index contributed by atoms with van der Waals surface area (Å²) in [5.41, 5.74) is -0.586. The van der Waals surface area contributed by atoms with Gasteiger partial charge in [0.25, 0.3) is 0 Å². The van der Waals surface area contributed by atoms with Gasteiger partial charge in [-0.25, -0.2) is 9.59 Å². The number of benzene rings is 1. The van der Waals surface area contributed by atoms with E-state index in [0.29, 0.717) is 12.0 Å². The molecule has 0 saturated heterocycles. The van der Waals surface area contributed by atoms with Gasteiger partial charge in [-0.15, -0.1) is 0 Å². The minimum Gasteiger partial charge on any atom is -0.464 e. The molecular formula is C20H29NO6. The molecule has 1 amide bonds. The van der Waals surface area contributed by atoms with Crippen LogP contribution in [0.25, 0.3) is 0 Å². The molecule has 7 heteroatoms. The fraction of sp³-hybridized carbons (Fsp3) is 0.550. The number of amides is 1. The number of rotatable bonds is 10. The predicted octanol–water partition coefficient (Wildman–Crippen LogP) is 2.06. The monoisotopic (exact) mass is 379 g/mol. The summed E-state index contributed by atoms with van der Waals surface area (Å²) in [6.45, 7) is 6.55. The second kappa shape index (κ2) is 10.7. The lowest BCUT2D eigenvalue weighted by Gasteiger charge is -2.29. The van der Waals surface area contributed by atoms with Gasteiger partial charge in [-0.2, -0.15) is 0 Å². The summed E-state index contributed by atoms with van der Waals surface area (Å²) in [4.78, 5) is 36.9. The lowest BCUT2D eigenvalue weighted by atomic mass is 9.89. The molecular weight excluding hydrogens is 350 g/mol. The molecule has 0 aliphatic carbocycles. The Labute approximate surface area is 160 Å². The van der Waals surface area contributed by atoms with Gasteiger partial charge in [0.1, 0.15) is 0 Å². The molecule has 0 aliphatic rings. The summed E-state index contributed by atoms with van der Waals surface area (Å²) in [5.74, 6) is -2.28. The average molecular weight is 379 g/mol. The van der Waals surface area contributed by atoms with Crippen LogP contribution in [0.3, 0.4) is 0 Å². The Bertz CT molecular complexity index is 622. The van der Waals surface area contributed by atoms with Crippen LogP contribution in [0.15, 0.2) is 24.3 Å². The van der Waals surface area contributed by atoms with Gasteiger partial charge in [0, 0.05) is 13.3 Å². The van der Waals surface area contributed by atoms with Crippen molar-refractivity contribution in [3.8, 4) is 0 Å². The summed E-state index contributed by atoms with van der Waals surface area (Å²) in [7, 11) is 0. The van der Waals surface area contributed by atoms with Gasteiger partial charge in [0.15, 0.2) is 0 Å². The van der Waals surface area contributed by atoms with E-state index in [0.717, 1.165) is 12.0 Å². The fourth-order valence-electron chi connectivity index (χ4n) is 2.79. The van der Waals surface area contributed by atoms with Crippen LogP contribution in [0.2, 0.25) is 0 Å². The number of esters is 2. The van der Waals surface area contributed by atoms with Crippen LogP contribution in [-0.2, 0) is 30.3 Å². The van der Waals surface area contributed by atoms with E-state index in [1.54, 1.807) is 38.1 Å². The summed E-state index contributed by atoms with van der Waals surface area (Å²) in [5, 5.41) is 12.5. The molecule has 0 heterocycles. The number of ether oxygens (including phenoxy) is 2. The Morgan fingerprint density at radius 2 is 1.56 bits per heavy atom. The molecule has 27 heavy (non-hydrogen) atoms. The van der Waals surface area contributed by atoms with Gasteiger partial charge < -0.3 is 19.9 Å². The van der Waals surface area contributed by atoms with Crippen molar-refractivity contribution in [2.24, 2.45) is 0 Å². The Kier molecular flexibility index (Phi) is 8.94. The van der Waals surface area contributed by atoms with E-state index in [9.17, 15) is 19.5 Å². The predicted molar refractivity (Wildman–Crippen MR) is 99.8 cm³/mol. The third-order valence-electron chi connectivity index (χ3n) is 4.03. The van der Waals surface area contributed by atoms with Gasteiger partial charge in [-0.1, -0.05) is 37.6 Å². The summed E-state index contributed by atoms with van der Waals surface area (Å²) >= 11 is 0. The maximum Gasteiger partial charge on any atom is 0.344 e. The third-order valence-corrected chi connectivity index (χ3v) is 4.03. The molecule has 1 atom stereocenters. The van der Waals surface area contributed by atoms with Crippen LogP contribution in [0.1, 0.15) is 57.8 Å². The SMILES string of the molecule is CCCC(O)c1ccc(CC(NC(C)=O)(C(=O)OCC)C(=O)OCC)cc1. The van der Waals surface area contributed by atoms with Gasteiger partial charge in [0.05, 0.1) is 19.3 Å². The number of aliphatic hydroxyl groups is 1. The highest BCUT2D eigenvalue weighted by molar-refractivity contribution is 6.08. The van der Waals surface area contributed by atoms with E-state index in [4.69, 9.17) is 9.47 Å². The van der Waals surface area contributed by atoms with Crippen molar-refractivity contribution in [3.05, 3.63) is 35.4 Å². The van der Waals surface area contributed by atoms with Gasteiger partial charge >= 0.3 is 11.9 Å². The highest BCUT2D eigenvalue weighted by Gasteiger charge is 2.50. The van der Waals surface area contributed by atoms with E-state index in [2.05, 4.69) is 5.32 Å². The summed E-state index contributed by atoms with van der Waals surface area (Å²) < 4.78 is 10.1. The molecule has 0 bridgehead atoms. The molecule has 2 N–H and O–H groups in total. The zero-order valence-electron chi connectivity index (χ0n) is 16.4. The molecule has 150 valence electrons. The van der Waals surface area contributed by atoms with E-state index in [-0.39, 0.29) is 19.6 Å². The van der Waals surface area contributed by atoms with Crippen molar-refractivity contribution in [1.29, 1.82) is 0 Å². The topological polar surface area (TPSA) is 102 Å². The van der Waals surface area contributed by atoms with Crippen molar-refractivity contribution >= 4 is 17.8 Å². The molecule has 0 fully saturated rings. The van der Waals surface area contributed by atoms with Gasteiger partial charge in [-0.05, 0) is 31.4 Å². The second-order valence-corrected chi connectivity index (χ2v) is 6.25. The Morgan fingerprint density at radius 1 is 1.04 bits per heavy atom. The minimum absolute atomic E-state index is 0.0573. The Balaban J connectivity index is 3.23. The number of nitrogens with one attached hydrogen (secondary N) is 1. The summed E-state index contributed by atoms with van der Waals surface area (Å²) in [6.07, 6.45) is 0.800. The lowest BCUT2D eigenvalue weighted by molar-refractivity contribution is -0.168. The number of hydrogen-bond donors (Lipinski definition) is 2. The first kappa shape index (κ1) is 22.6. The molecule has 1 rings (SSSR count). The molecule has 1 aromatic carbocycles. The van der Waals surface area contributed by atoms with Crippen LogP contribution < -0.4 is 5.32 Å². The first-order valence-corrected chi connectivity index (χ1v) is 9.20. The van der Waals surface area contributed by atoms with Crippen LogP contribution >= 0.6 is 0 Å². The van der Waals surface area contributed by atoms with Crippen molar-refractivity contribution in [3.63, 3.8) is 0 Å². The molecule has 1 aromatic rings. The smallest absolute Gasteiger partial charge is 0.344 e. The van der Waals surface area contributed by atoms with Crippen LogP contribution in [0.5, 0.6) is 0 Å². The van der Waals surface area contributed by atoms with E-state index < -0.39 is 29.5 Å². The second-order valence-electron chi connectivity index (χ2n) is 6.25. The van der Waals surface area contributed by atoms with Crippen LogP contribution in [0.4, 0.5) is 0 Å². The van der Waals surface area contributed by atoms with Crippen LogP contribution in [0, 0.1) is 0 Å². The Hall–Kier alpha value is -2.41. The number of carbonyl (C=O) groups excluding carboxylic acids is 3. The molecule has 0 aromatic heterocycles. The maximum absolute atomic E-state index is 12.6. The highest BCUT2D eigenvalue weighted by Crippen LogP contribution is 2.22. The largest absolute Gasteiger partial charge is 0.464 e. The van der Waals surface area contributed by atoms with E-state index >= 15 is 0 Å². The number of carbonyl (C=O) groups is 3. The number of hydrogen-bond acceptors (Lipinski definition) is 6. The Morgan fingerprint density at radius 3 is 1.96 bits per heavy atom. The first-order valence-electron chi connectivity index (χ1n) is 9.20. The average Bonchev–Trinajstić information content (AvgIpc) is 2.61.